The molecule has 0 fully saturated rings. The third kappa shape index (κ3) is 2.80. The molecule has 0 bridgehead atoms. The van der Waals surface area contributed by atoms with Crippen LogP contribution in [0.25, 0.3) is 0 Å². The van der Waals surface area contributed by atoms with E-state index in [0.29, 0.717) is 11.3 Å². The van der Waals surface area contributed by atoms with Crippen molar-refractivity contribution in [2.24, 2.45) is 5.84 Å². The van der Waals surface area contributed by atoms with Crippen LogP contribution >= 0.6 is 12.6 Å². The minimum atomic E-state index is -0.320. The average Bonchev–Trinajstić information content (AvgIpc) is 2.25. The van der Waals surface area contributed by atoms with Crippen molar-refractivity contribution in [2.75, 3.05) is 5.75 Å². The molecule has 1 rings (SSSR count). The van der Waals surface area contributed by atoms with Gasteiger partial charge in [-0.05, 0) is 18.2 Å². The molecule has 0 unspecified atom stereocenters. The summed E-state index contributed by atoms with van der Waals surface area (Å²) in [6, 6.07) is 6.93. The van der Waals surface area contributed by atoms with Gasteiger partial charge in [-0.1, -0.05) is 17.9 Å². The largest absolute Gasteiger partial charge is 0.290 e. The first kappa shape index (κ1) is 10.6. The average molecular weight is 206 g/mol. The molecular formula is C10H10N2OS. The number of nitrogens with two attached hydrogens (primary N) is 1. The standard InChI is InChI=1S/C10H10N2OS/c11-12-10(13)9-5-1-3-8(7-9)4-2-6-14/h1,3,5,7,14H,6,11H2,(H,12,13). The van der Waals surface area contributed by atoms with Crippen molar-refractivity contribution >= 4 is 18.5 Å². The lowest BCUT2D eigenvalue weighted by Gasteiger charge is -1.98. The van der Waals surface area contributed by atoms with Crippen LogP contribution in [0.2, 0.25) is 0 Å². The lowest BCUT2D eigenvalue weighted by atomic mass is 10.1. The Morgan fingerprint density at radius 1 is 1.57 bits per heavy atom. The molecule has 0 aliphatic heterocycles. The van der Waals surface area contributed by atoms with Gasteiger partial charge in [0.1, 0.15) is 0 Å². The summed E-state index contributed by atoms with van der Waals surface area (Å²) in [5.41, 5.74) is 3.34. The third-order valence-corrected chi connectivity index (χ3v) is 1.73. The van der Waals surface area contributed by atoms with Gasteiger partial charge < -0.3 is 0 Å². The summed E-state index contributed by atoms with van der Waals surface area (Å²) in [5, 5.41) is 0. The second-order valence-corrected chi connectivity index (χ2v) is 2.83. The van der Waals surface area contributed by atoms with Crippen molar-refractivity contribution < 1.29 is 4.79 Å². The van der Waals surface area contributed by atoms with Crippen LogP contribution in [0.1, 0.15) is 15.9 Å². The quantitative estimate of drug-likeness (QED) is 0.207. The number of nitrogens with one attached hydrogen (secondary N) is 1. The number of hydrogen-bond donors (Lipinski definition) is 3. The number of carbonyl (C=O) groups is 1. The first-order chi connectivity index (χ1) is 6.77. The van der Waals surface area contributed by atoms with Crippen LogP contribution in [-0.2, 0) is 0 Å². The third-order valence-electron chi connectivity index (χ3n) is 1.57. The highest BCUT2D eigenvalue weighted by molar-refractivity contribution is 7.80. The molecule has 0 aliphatic rings. The first-order valence-electron chi connectivity index (χ1n) is 3.98. The molecular weight excluding hydrogens is 196 g/mol. The van der Waals surface area contributed by atoms with E-state index in [2.05, 4.69) is 29.9 Å². The van der Waals surface area contributed by atoms with Gasteiger partial charge in [0.05, 0.1) is 5.75 Å². The van der Waals surface area contributed by atoms with Crippen LogP contribution in [0.15, 0.2) is 24.3 Å². The van der Waals surface area contributed by atoms with Crippen molar-refractivity contribution in [1.29, 1.82) is 0 Å². The van der Waals surface area contributed by atoms with Crippen LogP contribution < -0.4 is 11.3 Å². The number of hydrogen-bond acceptors (Lipinski definition) is 3. The molecule has 0 spiro atoms. The molecule has 1 aromatic carbocycles. The Morgan fingerprint density at radius 2 is 2.36 bits per heavy atom. The zero-order valence-corrected chi connectivity index (χ0v) is 8.34. The molecule has 0 atom stereocenters. The maximum Gasteiger partial charge on any atom is 0.265 e. The van der Waals surface area contributed by atoms with Gasteiger partial charge in [0, 0.05) is 11.1 Å². The molecule has 3 N–H and O–H groups in total. The molecule has 72 valence electrons. The van der Waals surface area contributed by atoms with Crippen LogP contribution in [0.4, 0.5) is 0 Å². The Bertz CT molecular complexity index is 393. The lowest BCUT2D eigenvalue weighted by molar-refractivity contribution is 0.0953. The van der Waals surface area contributed by atoms with Crippen LogP contribution in [0, 0.1) is 11.8 Å². The van der Waals surface area contributed by atoms with Gasteiger partial charge >= 0.3 is 0 Å². The Balaban J connectivity index is 2.95. The Hall–Kier alpha value is -1.44. The number of benzene rings is 1. The molecule has 0 aromatic heterocycles. The van der Waals surface area contributed by atoms with Crippen LogP contribution in [0.5, 0.6) is 0 Å². The maximum absolute atomic E-state index is 11.1. The summed E-state index contributed by atoms with van der Waals surface area (Å²) in [4.78, 5) is 11.1. The summed E-state index contributed by atoms with van der Waals surface area (Å²) in [7, 11) is 0. The Labute approximate surface area is 88.1 Å². The van der Waals surface area contributed by atoms with Crippen LogP contribution in [0.3, 0.4) is 0 Å². The molecule has 0 radical (unpaired) electrons. The molecule has 14 heavy (non-hydrogen) atoms. The zero-order valence-electron chi connectivity index (χ0n) is 7.45. The molecule has 1 aromatic rings. The monoisotopic (exact) mass is 206 g/mol. The highest BCUT2D eigenvalue weighted by Crippen LogP contribution is 2.03. The van der Waals surface area contributed by atoms with Gasteiger partial charge in [-0.25, -0.2) is 5.84 Å². The van der Waals surface area contributed by atoms with E-state index in [1.807, 2.05) is 6.07 Å². The number of hydrazine groups is 1. The highest BCUT2D eigenvalue weighted by atomic mass is 32.1. The number of rotatable bonds is 1. The predicted octanol–water partition coefficient (Wildman–Crippen LogP) is 0.571. The fourth-order valence-corrected chi connectivity index (χ4v) is 1.04. The van der Waals surface area contributed by atoms with Crippen molar-refractivity contribution in [2.45, 2.75) is 0 Å². The van der Waals surface area contributed by atoms with Crippen molar-refractivity contribution in [1.82, 2.24) is 5.43 Å². The van der Waals surface area contributed by atoms with E-state index in [9.17, 15) is 4.79 Å². The number of carbonyl (C=O) groups excluding carboxylic acids is 1. The van der Waals surface area contributed by atoms with E-state index in [-0.39, 0.29) is 5.91 Å². The topological polar surface area (TPSA) is 55.1 Å². The molecule has 4 heteroatoms. The molecule has 0 heterocycles. The fourth-order valence-electron chi connectivity index (χ4n) is 0.963. The van der Waals surface area contributed by atoms with E-state index in [1.165, 1.54) is 0 Å². The predicted molar refractivity (Wildman–Crippen MR) is 58.8 cm³/mol. The van der Waals surface area contributed by atoms with E-state index < -0.39 is 0 Å². The maximum atomic E-state index is 11.1. The fraction of sp³-hybridized carbons (Fsp3) is 0.100. The van der Waals surface area contributed by atoms with Gasteiger partial charge in [0.2, 0.25) is 0 Å². The Morgan fingerprint density at radius 3 is 3.00 bits per heavy atom. The van der Waals surface area contributed by atoms with Gasteiger partial charge in [0.25, 0.3) is 5.91 Å². The number of nitrogen functional groups attached to an aromatic ring is 1. The van der Waals surface area contributed by atoms with Gasteiger partial charge in [-0.3, -0.25) is 10.2 Å². The summed E-state index contributed by atoms with van der Waals surface area (Å²) < 4.78 is 0. The van der Waals surface area contributed by atoms with E-state index in [4.69, 9.17) is 5.84 Å². The minimum Gasteiger partial charge on any atom is -0.290 e. The summed E-state index contributed by atoms with van der Waals surface area (Å²) in [5.74, 6) is 10.8. The van der Waals surface area contributed by atoms with E-state index >= 15 is 0 Å². The number of thiol groups is 1. The van der Waals surface area contributed by atoms with Crippen LogP contribution in [-0.4, -0.2) is 11.7 Å². The number of amides is 1. The van der Waals surface area contributed by atoms with E-state index in [1.54, 1.807) is 18.2 Å². The second kappa shape index (κ2) is 5.32. The zero-order chi connectivity index (χ0) is 10.4. The molecule has 0 saturated carbocycles. The van der Waals surface area contributed by atoms with Gasteiger partial charge in [-0.2, -0.15) is 12.6 Å². The van der Waals surface area contributed by atoms with Crippen molar-refractivity contribution in [3.63, 3.8) is 0 Å². The smallest absolute Gasteiger partial charge is 0.265 e. The minimum absolute atomic E-state index is 0.320. The van der Waals surface area contributed by atoms with Crippen molar-refractivity contribution in [3.8, 4) is 11.8 Å². The summed E-state index contributed by atoms with van der Waals surface area (Å²) in [6.45, 7) is 0. The Kier molecular flexibility index (Phi) is 4.05. The lowest BCUT2D eigenvalue weighted by Crippen LogP contribution is -2.29. The SMILES string of the molecule is NNC(=O)c1cccc(C#CCS)c1. The van der Waals surface area contributed by atoms with Gasteiger partial charge in [0.15, 0.2) is 0 Å². The summed E-state index contributed by atoms with van der Waals surface area (Å²) >= 11 is 3.96. The second-order valence-electron chi connectivity index (χ2n) is 2.51. The van der Waals surface area contributed by atoms with Gasteiger partial charge in [-0.15, -0.1) is 0 Å². The normalized spacial score (nSPS) is 8.71. The first-order valence-corrected chi connectivity index (χ1v) is 4.62. The van der Waals surface area contributed by atoms with E-state index in [0.717, 1.165) is 5.56 Å². The summed E-state index contributed by atoms with van der Waals surface area (Å²) in [6.07, 6.45) is 0. The molecule has 0 aliphatic carbocycles. The van der Waals surface area contributed by atoms with Crippen molar-refractivity contribution in [3.05, 3.63) is 35.4 Å². The molecule has 3 nitrogen and oxygen atoms in total. The highest BCUT2D eigenvalue weighted by Gasteiger charge is 2.01. The molecule has 1 amide bonds. The molecule has 0 saturated heterocycles.